The molecule has 29 heavy (non-hydrogen) atoms. The molecular weight excluding hydrogens is 368 g/mol. The minimum absolute atomic E-state index is 0.00567. The van der Waals surface area contributed by atoms with Crippen molar-refractivity contribution < 1.29 is 4.79 Å². The maximum absolute atomic E-state index is 13.3. The van der Waals surface area contributed by atoms with Crippen LogP contribution in [-0.2, 0) is 18.3 Å². The molecule has 1 atom stereocenters. The van der Waals surface area contributed by atoms with Crippen molar-refractivity contribution in [1.29, 1.82) is 0 Å². The molecule has 7 heteroatoms. The molecule has 1 saturated carbocycles. The van der Waals surface area contributed by atoms with Crippen molar-refractivity contribution >= 4 is 5.91 Å². The van der Waals surface area contributed by atoms with E-state index in [9.17, 15) is 14.4 Å². The van der Waals surface area contributed by atoms with E-state index in [0.717, 1.165) is 55.6 Å². The van der Waals surface area contributed by atoms with Crippen LogP contribution in [0.5, 0.6) is 0 Å². The summed E-state index contributed by atoms with van der Waals surface area (Å²) in [5, 5.41) is 0. The highest BCUT2D eigenvalue weighted by Crippen LogP contribution is 2.45. The summed E-state index contributed by atoms with van der Waals surface area (Å²) in [5.74, 6) is 1.17. The molecule has 1 unspecified atom stereocenters. The summed E-state index contributed by atoms with van der Waals surface area (Å²) in [7, 11) is 0. The van der Waals surface area contributed by atoms with Crippen LogP contribution in [0.3, 0.4) is 0 Å². The van der Waals surface area contributed by atoms with Crippen LogP contribution in [0.2, 0.25) is 0 Å². The number of H-pyrrole nitrogens is 2. The monoisotopic (exact) mass is 394 g/mol. The first-order valence-corrected chi connectivity index (χ1v) is 10.7. The van der Waals surface area contributed by atoms with Gasteiger partial charge in [0.1, 0.15) is 5.82 Å². The Morgan fingerprint density at radius 3 is 2.83 bits per heavy atom. The van der Waals surface area contributed by atoms with Gasteiger partial charge in [-0.05, 0) is 51.0 Å². The predicted octanol–water partition coefficient (Wildman–Crippen LogP) is 2.02. The Morgan fingerprint density at radius 2 is 2.07 bits per heavy atom. The molecule has 3 heterocycles. The van der Waals surface area contributed by atoms with Gasteiger partial charge < -0.3 is 14.9 Å². The van der Waals surface area contributed by atoms with Crippen LogP contribution in [0.4, 0.5) is 0 Å². The van der Waals surface area contributed by atoms with E-state index in [4.69, 9.17) is 4.98 Å². The second kappa shape index (κ2) is 6.68. The SMILES string of the molecule is CCc1[nH]c(=O)ccc1C(=O)N1CCCC2(CCc3c2nc(C2CC2)[nH]c3=O)C1. The molecule has 1 aliphatic heterocycles. The van der Waals surface area contributed by atoms with Crippen molar-refractivity contribution in [2.24, 2.45) is 0 Å². The first-order valence-electron chi connectivity index (χ1n) is 10.7. The van der Waals surface area contributed by atoms with E-state index in [2.05, 4.69) is 9.97 Å². The lowest BCUT2D eigenvalue weighted by atomic mass is 9.77. The first-order chi connectivity index (χ1) is 14.0. The van der Waals surface area contributed by atoms with Crippen LogP contribution < -0.4 is 11.1 Å². The third kappa shape index (κ3) is 3.03. The third-order valence-corrected chi connectivity index (χ3v) is 6.80. The number of carbonyl (C=O) groups excluding carboxylic acids is 1. The Bertz CT molecular complexity index is 1100. The molecule has 2 aromatic heterocycles. The standard InChI is InChI=1S/C22H26N4O3/c1-2-16-14(6-7-17(27)23-16)21(29)26-11-3-9-22(12-26)10-8-15-18(22)24-19(13-4-5-13)25-20(15)28/h6-7,13H,2-5,8-12H2,1H3,(H,23,27)(H,24,25,28). The fourth-order valence-electron chi connectivity index (χ4n) is 5.09. The molecule has 2 aliphatic carbocycles. The molecular formula is C22H26N4O3. The summed E-state index contributed by atoms with van der Waals surface area (Å²) < 4.78 is 0. The summed E-state index contributed by atoms with van der Waals surface area (Å²) in [6.07, 6.45) is 6.21. The minimum atomic E-state index is -0.226. The average Bonchev–Trinajstić information content (AvgIpc) is 3.52. The van der Waals surface area contributed by atoms with Gasteiger partial charge in [0, 0.05) is 41.7 Å². The Morgan fingerprint density at radius 1 is 1.24 bits per heavy atom. The van der Waals surface area contributed by atoms with E-state index in [1.165, 1.54) is 6.07 Å². The summed E-state index contributed by atoms with van der Waals surface area (Å²) in [6, 6.07) is 3.05. The normalized spacial score (nSPS) is 23.4. The number of aryl methyl sites for hydroxylation is 1. The van der Waals surface area contributed by atoms with Gasteiger partial charge in [0.25, 0.3) is 11.5 Å². The number of hydrogen-bond donors (Lipinski definition) is 2. The van der Waals surface area contributed by atoms with Crippen molar-refractivity contribution in [3.63, 3.8) is 0 Å². The second-order valence-corrected chi connectivity index (χ2v) is 8.73. The van der Waals surface area contributed by atoms with Crippen LogP contribution in [0.25, 0.3) is 0 Å². The quantitative estimate of drug-likeness (QED) is 0.832. The molecule has 3 aliphatic rings. The molecule has 5 rings (SSSR count). The fraction of sp³-hybridized carbons (Fsp3) is 0.545. The van der Waals surface area contributed by atoms with Gasteiger partial charge in [-0.3, -0.25) is 14.4 Å². The number of pyridine rings is 1. The molecule has 1 spiro atoms. The van der Waals surface area contributed by atoms with Crippen LogP contribution in [0, 0.1) is 0 Å². The fourth-order valence-corrected chi connectivity index (χ4v) is 5.09. The molecule has 152 valence electrons. The minimum Gasteiger partial charge on any atom is -0.338 e. The molecule has 1 amide bonds. The van der Waals surface area contributed by atoms with E-state index < -0.39 is 0 Å². The average molecular weight is 394 g/mol. The zero-order valence-electron chi connectivity index (χ0n) is 16.7. The maximum atomic E-state index is 13.3. The highest BCUT2D eigenvalue weighted by atomic mass is 16.2. The second-order valence-electron chi connectivity index (χ2n) is 8.73. The first kappa shape index (κ1) is 18.3. The summed E-state index contributed by atoms with van der Waals surface area (Å²) in [5.41, 5.74) is 2.58. The van der Waals surface area contributed by atoms with E-state index in [1.807, 2.05) is 11.8 Å². The number of nitrogens with zero attached hydrogens (tertiary/aromatic N) is 2. The van der Waals surface area contributed by atoms with E-state index in [0.29, 0.717) is 36.7 Å². The van der Waals surface area contributed by atoms with Crippen molar-refractivity contribution in [1.82, 2.24) is 19.9 Å². The number of amides is 1. The topological polar surface area (TPSA) is 98.9 Å². The number of aromatic amines is 2. The van der Waals surface area contributed by atoms with Gasteiger partial charge in [-0.1, -0.05) is 6.92 Å². The molecule has 7 nitrogen and oxygen atoms in total. The Balaban J connectivity index is 1.49. The van der Waals surface area contributed by atoms with Crippen molar-refractivity contribution in [3.8, 4) is 0 Å². The van der Waals surface area contributed by atoms with Crippen LogP contribution in [0.1, 0.15) is 78.1 Å². The Hall–Kier alpha value is -2.70. The third-order valence-electron chi connectivity index (χ3n) is 6.80. The number of piperidine rings is 1. The zero-order chi connectivity index (χ0) is 20.2. The van der Waals surface area contributed by atoms with Crippen molar-refractivity contribution in [2.45, 2.75) is 63.2 Å². The predicted molar refractivity (Wildman–Crippen MR) is 108 cm³/mol. The molecule has 0 radical (unpaired) electrons. The number of nitrogens with one attached hydrogen (secondary N) is 2. The lowest BCUT2D eigenvalue weighted by Gasteiger charge is -2.40. The lowest BCUT2D eigenvalue weighted by Crippen LogP contribution is -2.48. The van der Waals surface area contributed by atoms with Gasteiger partial charge in [0.15, 0.2) is 0 Å². The number of hydrogen-bond acceptors (Lipinski definition) is 4. The highest BCUT2D eigenvalue weighted by molar-refractivity contribution is 5.95. The number of rotatable bonds is 3. The van der Waals surface area contributed by atoms with Crippen molar-refractivity contribution in [2.75, 3.05) is 13.1 Å². The number of carbonyl (C=O) groups is 1. The number of aromatic nitrogens is 3. The molecule has 2 fully saturated rings. The Kier molecular flexibility index (Phi) is 4.22. The van der Waals surface area contributed by atoms with Gasteiger partial charge in [0.2, 0.25) is 5.56 Å². The molecule has 2 aromatic rings. The number of likely N-dealkylation sites (tertiary alicyclic amines) is 1. The largest absolute Gasteiger partial charge is 0.338 e. The molecule has 0 aromatic carbocycles. The van der Waals surface area contributed by atoms with Gasteiger partial charge in [-0.25, -0.2) is 4.98 Å². The van der Waals surface area contributed by atoms with Crippen LogP contribution >= 0.6 is 0 Å². The smallest absolute Gasteiger partial charge is 0.255 e. The summed E-state index contributed by atoms with van der Waals surface area (Å²) in [6.45, 7) is 3.21. The highest BCUT2D eigenvalue weighted by Gasteiger charge is 2.46. The van der Waals surface area contributed by atoms with Crippen LogP contribution in [0.15, 0.2) is 21.7 Å². The molecule has 2 N–H and O–H groups in total. The van der Waals surface area contributed by atoms with E-state index in [-0.39, 0.29) is 22.4 Å². The van der Waals surface area contributed by atoms with Gasteiger partial charge in [-0.15, -0.1) is 0 Å². The summed E-state index contributed by atoms with van der Waals surface area (Å²) >= 11 is 0. The Labute approximate surface area is 168 Å². The number of fused-ring (bicyclic) bond motifs is 2. The van der Waals surface area contributed by atoms with Crippen LogP contribution in [-0.4, -0.2) is 38.8 Å². The van der Waals surface area contributed by atoms with Gasteiger partial charge in [0.05, 0.1) is 11.3 Å². The molecule has 0 bridgehead atoms. The van der Waals surface area contributed by atoms with Gasteiger partial charge in [-0.2, -0.15) is 0 Å². The lowest BCUT2D eigenvalue weighted by molar-refractivity contribution is 0.0631. The van der Waals surface area contributed by atoms with Crippen molar-refractivity contribution in [3.05, 3.63) is 61.2 Å². The zero-order valence-corrected chi connectivity index (χ0v) is 16.7. The molecule has 1 saturated heterocycles. The summed E-state index contributed by atoms with van der Waals surface area (Å²) in [4.78, 5) is 50.2. The van der Waals surface area contributed by atoms with E-state index in [1.54, 1.807) is 6.07 Å². The maximum Gasteiger partial charge on any atom is 0.255 e. The van der Waals surface area contributed by atoms with E-state index >= 15 is 0 Å². The van der Waals surface area contributed by atoms with Gasteiger partial charge >= 0.3 is 0 Å².